The third-order valence-electron chi connectivity index (χ3n) is 7.54. The van der Waals surface area contributed by atoms with Crippen LogP contribution in [-0.4, -0.2) is 72.1 Å². The fourth-order valence-electron chi connectivity index (χ4n) is 5.55. The summed E-state index contributed by atoms with van der Waals surface area (Å²) in [5.41, 5.74) is 1.67. The number of pyridine rings is 2. The summed E-state index contributed by atoms with van der Waals surface area (Å²) >= 11 is 1.63. The fourth-order valence-corrected chi connectivity index (χ4v) is 6.15. The van der Waals surface area contributed by atoms with E-state index in [0.29, 0.717) is 32.7 Å². The van der Waals surface area contributed by atoms with Gasteiger partial charge in [-0.2, -0.15) is 0 Å². The van der Waals surface area contributed by atoms with E-state index in [4.69, 9.17) is 4.98 Å². The van der Waals surface area contributed by atoms with Crippen molar-refractivity contribution in [3.63, 3.8) is 0 Å². The van der Waals surface area contributed by atoms with Crippen molar-refractivity contribution in [3.8, 4) is 11.5 Å². The molecule has 0 N–H and O–H groups in total. The number of aromatic nitrogens is 5. The van der Waals surface area contributed by atoms with Crippen LogP contribution in [0.4, 0.5) is 4.39 Å². The van der Waals surface area contributed by atoms with E-state index in [2.05, 4.69) is 29.8 Å². The van der Waals surface area contributed by atoms with Gasteiger partial charge in [-0.25, -0.2) is 19.3 Å². The number of thiazole rings is 1. The van der Waals surface area contributed by atoms with Gasteiger partial charge < -0.3 is 9.47 Å². The molecule has 0 radical (unpaired) electrons. The Balaban J connectivity index is 1.13. The number of alkyl halides is 1. The summed E-state index contributed by atoms with van der Waals surface area (Å²) in [4.78, 5) is 35.7. The number of aryl methyl sites for hydroxylation is 1. The Bertz CT molecular complexity index is 1390. The summed E-state index contributed by atoms with van der Waals surface area (Å²) in [6, 6.07) is 9.73. The summed E-state index contributed by atoms with van der Waals surface area (Å²) in [6.07, 6.45) is 5.44. The van der Waals surface area contributed by atoms with Crippen molar-refractivity contribution in [2.24, 2.45) is 0 Å². The van der Waals surface area contributed by atoms with Crippen molar-refractivity contribution < 1.29 is 9.18 Å². The minimum atomic E-state index is -1.79. The molecule has 6 rings (SSSR count). The number of hydrogen-bond acceptors (Lipinski definition) is 7. The summed E-state index contributed by atoms with van der Waals surface area (Å²) in [6.45, 7) is 4.87. The van der Waals surface area contributed by atoms with Crippen molar-refractivity contribution in [2.45, 2.75) is 50.9 Å². The maximum Gasteiger partial charge on any atom is 0.260 e. The second kappa shape index (κ2) is 9.90. The maximum absolute atomic E-state index is 15.9. The molecule has 10 heteroatoms. The van der Waals surface area contributed by atoms with Crippen molar-refractivity contribution >= 4 is 28.4 Å². The molecule has 1 amide bonds. The molecule has 192 valence electrons. The van der Waals surface area contributed by atoms with E-state index >= 15 is 4.39 Å². The molecule has 0 aromatic carbocycles. The van der Waals surface area contributed by atoms with Crippen molar-refractivity contribution in [1.82, 2.24) is 34.3 Å². The Morgan fingerprint density at radius 2 is 1.84 bits per heavy atom. The van der Waals surface area contributed by atoms with Gasteiger partial charge in [-0.1, -0.05) is 6.07 Å². The third-order valence-corrected chi connectivity index (χ3v) is 8.37. The van der Waals surface area contributed by atoms with Crippen LogP contribution in [0.5, 0.6) is 0 Å². The van der Waals surface area contributed by atoms with Gasteiger partial charge in [0.25, 0.3) is 5.91 Å². The molecule has 8 nitrogen and oxygen atoms in total. The molecule has 37 heavy (non-hydrogen) atoms. The number of nitrogens with zero attached hydrogens (tertiary/aromatic N) is 7. The predicted octanol–water partition coefficient (Wildman–Crippen LogP) is 4.43. The topological polar surface area (TPSA) is 80.0 Å². The van der Waals surface area contributed by atoms with Crippen LogP contribution in [0.1, 0.15) is 42.4 Å². The average Bonchev–Trinajstić information content (AvgIpc) is 3.53. The molecule has 0 unspecified atom stereocenters. The maximum atomic E-state index is 15.9. The highest BCUT2D eigenvalue weighted by Gasteiger charge is 2.45. The average molecular weight is 520 g/mol. The first-order valence-electron chi connectivity index (χ1n) is 12.9. The molecule has 0 saturated carbocycles. The van der Waals surface area contributed by atoms with Gasteiger partial charge in [-0.3, -0.25) is 14.7 Å². The van der Waals surface area contributed by atoms with Crippen LogP contribution in [0.15, 0.2) is 48.1 Å². The van der Waals surface area contributed by atoms with E-state index in [0.717, 1.165) is 46.2 Å². The molecular weight excluding hydrogens is 489 g/mol. The number of piperidine rings is 2. The minimum Gasteiger partial charge on any atom is -0.340 e. The first kappa shape index (κ1) is 24.1. The number of imidazole rings is 1. The molecule has 0 bridgehead atoms. The number of likely N-dealkylation sites (tertiary alicyclic amines) is 2. The van der Waals surface area contributed by atoms with Crippen molar-refractivity contribution in [2.75, 3.05) is 26.2 Å². The number of carbonyl (C=O) groups is 1. The highest BCUT2D eigenvalue weighted by molar-refractivity contribution is 7.09. The van der Waals surface area contributed by atoms with Gasteiger partial charge in [0.1, 0.15) is 11.2 Å². The first-order chi connectivity index (χ1) is 18.0. The Labute approximate surface area is 219 Å². The van der Waals surface area contributed by atoms with E-state index in [1.54, 1.807) is 28.6 Å². The van der Waals surface area contributed by atoms with Gasteiger partial charge in [0.2, 0.25) is 0 Å². The highest BCUT2D eigenvalue weighted by atomic mass is 32.1. The van der Waals surface area contributed by atoms with Crippen molar-refractivity contribution in [1.29, 1.82) is 0 Å². The summed E-state index contributed by atoms with van der Waals surface area (Å²) in [7, 11) is 0. The second-order valence-corrected chi connectivity index (χ2v) is 11.1. The van der Waals surface area contributed by atoms with Gasteiger partial charge in [-0.15, -0.1) is 11.3 Å². The largest absolute Gasteiger partial charge is 0.340 e. The van der Waals surface area contributed by atoms with Gasteiger partial charge in [0.05, 0.1) is 10.7 Å². The van der Waals surface area contributed by atoms with Gasteiger partial charge in [-0.05, 0) is 44.0 Å². The fraction of sp³-hybridized carbons (Fsp3) is 0.444. The summed E-state index contributed by atoms with van der Waals surface area (Å²) in [5, 5.41) is 3.09. The Hall–Kier alpha value is -3.24. The molecule has 2 aliphatic rings. The number of rotatable bonds is 5. The van der Waals surface area contributed by atoms with Crippen LogP contribution < -0.4 is 0 Å². The monoisotopic (exact) mass is 519 g/mol. The molecular formula is C27H30FN7OS. The summed E-state index contributed by atoms with van der Waals surface area (Å²) < 4.78 is 18.0. The smallest absolute Gasteiger partial charge is 0.260 e. The van der Waals surface area contributed by atoms with Crippen LogP contribution >= 0.6 is 11.3 Å². The minimum absolute atomic E-state index is 0.111. The summed E-state index contributed by atoms with van der Waals surface area (Å²) in [5.74, 6) is 0.428. The molecule has 2 fully saturated rings. The normalized spacial score (nSPS) is 18.9. The van der Waals surface area contributed by atoms with Crippen LogP contribution in [0.3, 0.4) is 0 Å². The number of fused-ring (bicyclic) bond motifs is 1. The lowest BCUT2D eigenvalue weighted by molar-refractivity contribution is -0.148. The molecule has 0 atom stereocenters. The van der Waals surface area contributed by atoms with E-state index in [9.17, 15) is 4.79 Å². The SMILES string of the molecule is Cc1nc(CN2CCC(F)(C(=O)N3CCC(n4c(-c5ccccn5)nc5cccnc54)CC3)CC2)cs1. The lowest BCUT2D eigenvalue weighted by Crippen LogP contribution is -2.54. The lowest BCUT2D eigenvalue weighted by atomic mass is 9.90. The molecule has 0 spiro atoms. The quantitative estimate of drug-likeness (QED) is 0.388. The van der Waals surface area contributed by atoms with Crippen LogP contribution in [0.2, 0.25) is 0 Å². The van der Waals surface area contributed by atoms with E-state index in [1.165, 1.54) is 0 Å². The predicted molar refractivity (Wildman–Crippen MR) is 141 cm³/mol. The number of hydrogen-bond donors (Lipinski definition) is 0. The van der Waals surface area contributed by atoms with Gasteiger partial charge >= 0.3 is 0 Å². The number of amides is 1. The molecule has 4 aromatic heterocycles. The van der Waals surface area contributed by atoms with Crippen LogP contribution in [-0.2, 0) is 11.3 Å². The van der Waals surface area contributed by atoms with E-state index in [1.807, 2.05) is 37.3 Å². The molecule has 2 saturated heterocycles. The van der Waals surface area contributed by atoms with E-state index < -0.39 is 5.67 Å². The standard InChI is InChI=1S/C27H30FN7OS/c1-19-31-20(18-37-19)17-33-15-9-27(28,10-16-33)26(36)34-13-7-21(8-14-34)35-24-23(6-4-12-30-24)32-25(35)22-5-2-3-11-29-22/h2-6,11-12,18,21H,7-10,13-17H2,1H3. The Morgan fingerprint density at radius 1 is 1.05 bits per heavy atom. The third kappa shape index (κ3) is 4.75. The van der Waals surface area contributed by atoms with Gasteiger partial charge in [0, 0.05) is 69.4 Å². The van der Waals surface area contributed by atoms with Gasteiger partial charge in [0.15, 0.2) is 17.1 Å². The highest BCUT2D eigenvalue weighted by Crippen LogP contribution is 2.35. The van der Waals surface area contributed by atoms with Crippen LogP contribution in [0, 0.1) is 6.92 Å². The number of carbonyl (C=O) groups excluding carboxylic acids is 1. The number of halogens is 1. The van der Waals surface area contributed by atoms with E-state index in [-0.39, 0.29) is 24.8 Å². The molecule has 4 aromatic rings. The Morgan fingerprint density at radius 3 is 2.54 bits per heavy atom. The zero-order valence-corrected chi connectivity index (χ0v) is 21.7. The molecule has 6 heterocycles. The molecule has 0 aliphatic carbocycles. The second-order valence-electron chi connectivity index (χ2n) is 9.99. The lowest BCUT2D eigenvalue weighted by Gasteiger charge is -2.40. The Kier molecular flexibility index (Phi) is 6.46. The van der Waals surface area contributed by atoms with Crippen molar-refractivity contribution in [3.05, 3.63) is 58.8 Å². The zero-order valence-electron chi connectivity index (χ0n) is 20.9. The molecule has 2 aliphatic heterocycles. The van der Waals surface area contributed by atoms with Crippen LogP contribution in [0.25, 0.3) is 22.7 Å². The first-order valence-corrected chi connectivity index (χ1v) is 13.7. The zero-order chi connectivity index (χ0) is 25.4.